The second-order valence-electron chi connectivity index (χ2n) is 7.03. The van der Waals surface area contributed by atoms with Crippen LogP contribution in [0, 0.1) is 0 Å². The average Bonchev–Trinajstić information content (AvgIpc) is 2.49. The Balaban J connectivity index is 1.82. The Hall–Kier alpha value is -1.66. The number of benzene rings is 1. The summed E-state index contributed by atoms with van der Waals surface area (Å²) in [6.07, 6.45) is 0.252. The van der Waals surface area contributed by atoms with E-state index in [0.29, 0.717) is 24.3 Å². The maximum Gasteiger partial charge on any atom is 0.407 e. The van der Waals surface area contributed by atoms with Gasteiger partial charge in [-0.05, 0) is 52.3 Å². The lowest BCUT2D eigenvalue weighted by atomic mass is 9.90. The van der Waals surface area contributed by atoms with E-state index in [2.05, 4.69) is 5.32 Å². The Morgan fingerprint density at radius 1 is 1.25 bits per heavy atom. The van der Waals surface area contributed by atoms with E-state index in [-0.39, 0.29) is 12.1 Å². The number of thiocarbonyl (C=S) groups is 1. The van der Waals surface area contributed by atoms with Gasteiger partial charge in [0.15, 0.2) is 5.05 Å². The number of ether oxygens (including phenoxy) is 2. The van der Waals surface area contributed by atoms with Gasteiger partial charge in [0.2, 0.25) is 0 Å². The minimum Gasteiger partial charge on any atom is -0.477 e. The SMILES string of the molecule is CC(C)(C)OC(=O)N[C@@H]1CC[C@@H](OC(=S)c2ccccc2)[C@H](O)C1. The first-order valence-corrected chi connectivity index (χ1v) is 8.59. The van der Waals surface area contributed by atoms with Crippen molar-refractivity contribution in [3.8, 4) is 0 Å². The van der Waals surface area contributed by atoms with Crippen LogP contribution < -0.4 is 5.32 Å². The van der Waals surface area contributed by atoms with Crippen LogP contribution in [0.15, 0.2) is 30.3 Å². The van der Waals surface area contributed by atoms with E-state index in [9.17, 15) is 9.90 Å². The van der Waals surface area contributed by atoms with Crippen LogP contribution in [-0.4, -0.2) is 40.1 Å². The largest absolute Gasteiger partial charge is 0.477 e. The molecule has 0 radical (unpaired) electrons. The van der Waals surface area contributed by atoms with Crippen LogP contribution in [0.5, 0.6) is 0 Å². The van der Waals surface area contributed by atoms with Crippen molar-refractivity contribution in [2.24, 2.45) is 0 Å². The van der Waals surface area contributed by atoms with Crippen molar-refractivity contribution in [1.29, 1.82) is 0 Å². The van der Waals surface area contributed by atoms with Gasteiger partial charge in [-0.1, -0.05) is 30.3 Å². The van der Waals surface area contributed by atoms with E-state index in [1.54, 1.807) is 0 Å². The van der Waals surface area contributed by atoms with Gasteiger partial charge < -0.3 is 19.9 Å². The highest BCUT2D eigenvalue weighted by Gasteiger charge is 2.32. The van der Waals surface area contributed by atoms with Gasteiger partial charge in [0.05, 0.1) is 6.10 Å². The van der Waals surface area contributed by atoms with E-state index in [1.165, 1.54) is 0 Å². The monoisotopic (exact) mass is 351 g/mol. The second-order valence-corrected chi connectivity index (χ2v) is 7.40. The lowest BCUT2D eigenvalue weighted by Gasteiger charge is -2.34. The Morgan fingerprint density at radius 3 is 2.50 bits per heavy atom. The van der Waals surface area contributed by atoms with Crippen molar-refractivity contribution in [2.45, 2.75) is 63.9 Å². The highest BCUT2D eigenvalue weighted by Crippen LogP contribution is 2.23. The Kier molecular flexibility index (Phi) is 6.18. The average molecular weight is 351 g/mol. The smallest absolute Gasteiger partial charge is 0.407 e. The second kappa shape index (κ2) is 7.94. The fourth-order valence-electron chi connectivity index (χ4n) is 2.64. The third-order valence-corrected chi connectivity index (χ3v) is 4.08. The molecule has 1 aromatic rings. The van der Waals surface area contributed by atoms with Crippen molar-refractivity contribution < 1.29 is 19.4 Å². The molecule has 0 spiro atoms. The highest BCUT2D eigenvalue weighted by atomic mass is 32.1. The molecule has 1 fully saturated rings. The van der Waals surface area contributed by atoms with Crippen LogP contribution in [0.1, 0.15) is 45.6 Å². The number of rotatable bonds is 3. The summed E-state index contributed by atoms with van der Waals surface area (Å²) in [5, 5.41) is 13.5. The van der Waals surface area contributed by atoms with Gasteiger partial charge in [0.25, 0.3) is 0 Å². The third kappa shape index (κ3) is 5.76. The molecule has 132 valence electrons. The summed E-state index contributed by atoms with van der Waals surface area (Å²) in [4.78, 5) is 11.8. The maximum atomic E-state index is 11.8. The normalized spacial score (nSPS) is 24.1. The van der Waals surface area contributed by atoms with Crippen LogP contribution in [0.2, 0.25) is 0 Å². The van der Waals surface area contributed by atoms with Gasteiger partial charge >= 0.3 is 6.09 Å². The topological polar surface area (TPSA) is 67.8 Å². The number of aliphatic hydroxyl groups is 1. The van der Waals surface area contributed by atoms with Crippen molar-refractivity contribution in [3.05, 3.63) is 35.9 Å². The predicted molar refractivity (Wildman–Crippen MR) is 96.0 cm³/mol. The van der Waals surface area contributed by atoms with Crippen LogP contribution in [0.3, 0.4) is 0 Å². The molecule has 5 nitrogen and oxygen atoms in total. The summed E-state index contributed by atoms with van der Waals surface area (Å²) in [7, 11) is 0. The Bertz CT molecular complexity index is 570. The summed E-state index contributed by atoms with van der Waals surface area (Å²) < 4.78 is 11.0. The molecule has 0 unspecified atom stereocenters. The van der Waals surface area contributed by atoms with Gasteiger partial charge in [-0.2, -0.15) is 0 Å². The number of carbonyl (C=O) groups excluding carboxylic acids is 1. The summed E-state index contributed by atoms with van der Waals surface area (Å²) in [6, 6.07) is 9.33. The molecule has 1 saturated carbocycles. The van der Waals surface area contributed by atoms with E-state index in [1.807, 2.05) is 51.1 Å². The number of hydrogen-bond donors (Lipinski definition) is 2. The van der Waals surface area contributed by atoms with Crippen LogP contribution in [0.4, 0.5) is 4.79 Å². The molecule has 0 bridgehead atoms. The molecule has 0 aromatic heterocycles. The first-order chi connectivity index (χ1) is 11.2. The zero-order valence-corrected chi connectivity index (χ0v) is 15.1. The van der Waals surface area contributed by atoms with E-state index in [4.69, 9.17) is 21.7 Å². The Labute approximate surface area is 148 Å². The molecule has 1 aliphatic carbocycles. The van der Waals surface area contributed by atoms with Crippen molar-refractivity contribution >= 4 is 23.4 Å². The molecular weight excluding hydrogens is 326 g/mol. The minimum absolute atomic E-state index is 0.125. The van der Waals surface area contributed by atoms with Crippen molar-refractivity contribution in [1.82, 2.24) is 5.32 Å². The number of nitrogens with one attached hydrogen (secondary N) is 1. The zero-order chi connectivity index (χ0) is 17.7. The fourth-order valence-corrected chi connectivity index (χ4v) is 2.90. The summed E-state index contributed by atoms with van der Waals surface area (Å²) in [6.45, 7) is 5.45. The van der Waals surface area contributed by atoms with Crippen LogP contribution >= 0.6 is 12.2 Å². The molecule has 3 atom stereocenters. The Morgan fingerprint density at radius 2 is 1.92 bits per heavy atom. The number of hydrogen-bond acceptors (Lipinski definition) is 5. The highest BCUT2D eigenvalue weighted by molar-refractivity contribution is 7.80. The zero-order valence-electron chi connectivity index (χ0n) is 14.3. The summed E-state index contributed by atoms with van der Waals surface area (Å²) in [5.74, 6) is 0. The number of carbonyl (C=O) groups is 1. The van der Waals surface area contributed by atoms with E-state index in [0.717, 1.165) is 5.56 Å². The molecule has 2 N–H and O–H groups in total. The number of alkyl carbamates (subject to hydrolysis) is 1. The molecule has 2 rings (SSSR count). The first kappa shape index (κ1) is 18.7. The summed E-state index contributed by atoms with van der Waals surface area (Å²) in [5.41, 5.74) is 0.291. The van der Waals surface area contributed by atoms with Gasteiger partial charge in [-0.25, -0.2) is 4.79 Å². The quantitative estimate of drug-likeness (QED) is 0.819. The van der Waals surface area contributed by atoms with Crippen LogP contribution in [-0.2, 0) is 9.47 Å². The van der Waals surface area contributed by atoms with E-state index >= 15 is 0 Å². The van der Waals surface area contributed by atoms with Crippen molar-refractivity contribution in [2.75, 3.05) is 0 Å². The minimum atomic E-state index is -0.680. The van der Waals surface area contributed by atoms with Crippen molar-refractivity contribution in [3.63, 3.8) is 0 Å². The van der Waals surface area contributed by atoms with Gasteiger partial charge in [0.1, 0.15) is 11.7 Å². The number of amides is 1. The predicted octanol–water partition coefficient (Wildman–Crippen LogP) is 3.19. The molecule has 1 amide bonds. The third-order valence-electron chi connectivity index (χ3n) is 3.74. The van der Waals surface area contributed by atoms with Gasteiger partial charge in [-0.3, -0.25) is 0 Å². The molecule has 6 heteroatoms. The lowest BCUT2D eigenvalue weighted by molar-refractivity contribution is -0.0104. The molecule has 0 saturated heterocycles. The molecule has 0 heterocycles. The van der Waals surface area contributed by atoms with Gasteiger partial charge in [-0.15, -0.1) is 0 Å². The molecule has 1 aliphatic rings. The van der Waals surface area contributed by atoms with Crippen LogP contribution in [0.25, 0.3) is 0 Å². The van der Waals surface area contributed by atoms with Gasteiger partial charge in [0, 0.05) is 11.6 Å². The number of aliphatic hydroxyl groups excluding tert-OH is 1. The maximum absolute atomic E-state index is 11.8. The molecule has 1 aromatic carbocycles. The first-order valence-electron chi connectivity index (χ1n) is 8.18. The molecular formula is C18H25NO4S. The lowest BCUT2D eigenvalue weighted by Crippen LogP contribution is -2.47. The summed E-state index contributed by atoms with van der Waals surface area (Å²) >= 11 is 5.29. The van der Waals surface area contributed by atoms with E-state index < -0.39 is 17.8 Å². The standard InChI is InChI=1S/C18H25NO4S/c1-18(2,3)23-17(21)19-13-9-10-15(14(20)11-13)22-16(24)12-7-5-4-6-8-12/h4-8,13-15,20H,9-11H2,1-3H3,(H,19,21)/t13-,14-,15-/m1/s1. The fraction of sp³-hybridized carbons (Fsp3) is 0.556. The molecule has 24 heavy (non-hydrogen) atoms. The molecule has 0 aliphatic heterocycles.